The van der Waals surface area contributed by atoms with Crippen LogP contribution in [-0.4, -0.2) is 89.4 Å². The van der Waals surface area contributed by atoms with Crippen molar-refractivity contribution in [3.63, 3.8) is 0 Å². The lowest BCUT2D eigenvalue weighted by Crippen LogP contribution is -2.46. The van der Waals surface area contributed by atoms with Crippen molar-refractivity contribution in [3.05, 3.63) is 48.1 Å². The van der Waals surface area contributed by atoms with E-state index in [-0.39, 0.29) is 5.91 Å². The van der Waals surface area contributed by atoms with E-state index in [1.165, 1.54) is 32.4 Å². The molecule has 1 saturated carbocycles. The highest BCUT2D eigenvalue weighted by atomic mass is 16.5. The molecule has 0 bridgehead atoms. The van der Waals surface area contributed by atoms with Crippen LogP contribution in [-0.2, 0) is 19.1 Å². The van der Waals surface area contributed by atoms with E-state index in [4.69, 9.17) is 19.7 Å². The maximum Gasteiger partial charge on any atom is 0.328 e. The summed E-state index contributed by atoms with van der Waals surface area (Å²) >= 11 is 0. The smallest absolute Gasteiger partial charge is 0.328 e. The van der Waals surface area contributed by atoms with Gasteiger partial charge in [0, 0.05) is 50.4 Å². The summed E-state index contributed by atoms with van der Waals surface area (Å²) in [6, 6.07) is 8.90. The van der Waals surface area contributed by atoms with Gasteiger partial charge in [0.15, 0.2) is 0 Å². The van der Waals surface area contributed by atoms with Crippen molar-refractivity contribution in [1.29, 1.82) is 0 Å². The number of nitrogens with zero attached hydrogens (tertiary/aromatic N) is 2. The molecule has 1 aromatic carbocycles. The number of likely N-dealkylation sites (tertiary alicyclic amines) is 1. The zero-order valence-electron chi connectivity index (χ0n) is 19.9. The summed E-state index contributed by atoms with van der Waals surface area (Å²) in [6.45, 7) is 4.95. The highest BCUT2D eigenvalue weighted by Crippen LogP contribution is 2.28. The van der Waals surface area contributed by atoms with Crippen LogP contribution in [0.25, 0.3) is 6.08 Å². The molecule has 3 fully saturated rings. The molecule has 1 aromatic rings. The lowest BCUT2D eigenvalue weighted by atomic mass is 9.90. The number of rotatable bonds is 7. The average Bonchev–Trinajstić information content (AvgIpc) is 2.83. The molecule has 1 amide bonds. The minimum atomic E-state index is -1.26. The van der Waals surface area contributed by atoms with Crippen LogP contribution in [0.5, 0.6) is 5.75 Å². The predicted molar refractivity (Wildman–Crippen MR) is 130 cm³/mol. The second-order valence-corrected chi connectivity index (χ2v) is 8.79. The number of carbonyl (C=O) groups is 3. The summed E-state index contributed by atoms with van der Waals surface area (Å²) in [5, 5.41) is 15.6. The van der Waals surface area contributed by atoms with E-state index in [9.17, 15) is 14.4 Å². The molecule has 2 N–H and O–H groups in total. The fraction of sp³-hybridized carbons (Fsp3) is 0.500. The fourth-order valence-corrected chi connectivity index (χ4v) is 4.16. The minimum Gasteiger partial charge on any atom is -0.490 e. The molecule has 0 aromatic heterocycles. The van der Waals surface area contributed by atoms with Crippen LogP contribution >= 0.6 is 0 Å². The third-order valence-electron chi connectivity index (χ3n) is 6.36. The normalized spacial score (nSPS) is 19.7. The molecule has 0 atom stereocenters. The molecule has 2 saturated heterocycles. The summed E-state index contributed by atoms with van der Waals surface area (Å²) in [7, 11) is 0. The Labute approximate surface area is 205 Å². The van der Waals surface area contributed by atoms with Crippen molar-refractivity contribution in [1.82, 2.24) is 9.80 Å². The summed E-state index contributed by atoms with van der Waals surface area (Å²) in [5.74, 6) is -1.54. The zero-order valence-corrected chi connectivity index (χ0v) is 19.9. The molecule has 4 rings (SSSR count). The molecule has 35 heavy (non-hydrogen) atoms. The number of carbonyl (C=O) groups excluding carboxylic acids is 1. The zero-order chi connectivity index (χ0) is 25.0. The Morgan fingerprint density at radius 2 is 1.46 bits per heavy atom. The van der Waals surface area contributed by atoms with Gasteiger partial charge in [0.2, 0.25) is 5.91 Å². The number of ether oxygens (including phenoxy) is 2. The lowest BCUT2D eigenvalue weighted by molar-refractivity contribution is -0.134. The second-order valence-electron chi connectivity index (χ2n) is 8.79. The van der Waals surface area contributed by atoms with Crippen LogP contribution in [0.1, 0.15) is 37.7 Å². The Hall–Kier alpha value is -3.17. The first-order chi connectivity index (χ1) is 16.9. The van der Waals surface area contributed by atoms with E-state index in [0.29, 0.717) is 44.6 Å². The van der Waals surface area contributed by atoms with Crippen LogP contribution in [0.15, 0.2) is 42.5 Å². The van der Waals surface area contributed by atoms with Crippen molar-refractivity contribution in [2.75, 3.05) is 39.4 Å². The van der Waals surface area contributed by atoms with E-state index >= 15 is 0 Å². The van der Waals surface area contributed by atoms with E-state index in [0.717, 1.165) is 30.2 Å². The third-order valence-corrected chi connectivity index (χ3v) is 6.36. The van der Waals surface area contributed by atoms with Crippen LogP contribution in [0.4, 0.5) is 0 Å². The number of carboxylic acid groups (broad SMARTS) is 2. The SMILES string of the molecule is O=C(C=Cc1ccc(OC2CCN(C3CCC3)CC2)cc1)N1CCOCC1.O=C(O)C=CC(=O)O. The van der Waals surface area contributed by atoms with E-state index in [1.54, 1.807) is 6.08 Å². The van der Waals surface area contributed by atoms with Gasteiger partial charge in [-0.1, -0.05) is 18.6 Å². The number of aliphatic carboxylic acids is 2. The highest BCUT2D eigenvalue weighted by molar-refractivity contribution is 5.92. The number of carboxylic acids is 2. The largest absolute Gasteiger partial charge is 0.490 e. The molecule has 1 aliphatic carbocycles. The van der Waals surface area contributed by atoms with E-state index < -0.39 is 11.9 Å². The molecule has 3 aliphatic rings. The molecule has 0 spiro atoms. The Bertz CT molecular complexity index is 879. The van der Waals surface area contributed by atoms with E-state index in [2.05, 4.69) is 4.90 Å². The lowest BCUT2D eigenvalue weighted by Gasteiger charge is -2.41. The van der Waals surface area contributed by atoms with Gasteiger partial charge in [0.25, 0.3) is 0 Å². The molecule has 2 aliphatic heterocycles. The quantitative estimate of drug-likeness (QED) is 0.565. The van der Waals surface area contributed by atoms with Crippen molar-refractivity contribution < 1.29 is 34.1 Å². The summed E-state index contributed by atoms with van der Waals surface area (Å²) in [6.07, 6.45) is 11.4. The fourth-order valence-electron chi connectivity index (χ4n) is 4.16. The van der Waals surface area contributed by atoms with Gasteiger partial charge in [-0.05, 0) is 49.5 Å². The molecule has 190 valence electrons. The Morgan fingerprint density at radius 1 is 0.857 bits per heavy atom. The van der Waals surface area contributed by atoms with Crippen LogP contribution < -0.4 is 4.74 Å². The Kier molecular flexibility index (Phi) is 10.3. The van der Waals surface area contributed by atoms with E-state index in [1.807, 2.05) is 35.2 Å². The molecule has 0 unspecified atom stereocenters. The molecule has 9 nitrogen and oxygen atoms in total. The topological polar surface area (TPSA) is 117 Å². The number of piperidine rings is 1. The van der Waals surface area contributed by atoms with Gasteiger partial charge in [0.05, 0.1) is 13.2 Å². The van der Waals surface area contributed by atoms with Crippen molar-refractivity contribution in [2.24, 2.45) is 0 Å². The van der Waals surface area contributed by atoms with Crippen LogP contribution in [0.3, 0.4) is 0 Å². The summed E-state index contributed by atoms with van der Waals surface area (Å²) < 4.78 is 11.5. The monoisotopic (exact) mass is 486 g/mol. The van der Waals surface area contributed by atoms with Gasteiger partial charge in [-0.3, -0.25) is 4.79 Å². The summed E-state index contributed by atoms with van der Waals surface area (Å²) in [5.41, 5.74) is 1.02. The van der Waals surface area contributed by atoms with Gasteiger partial charge >= 0.3 is 11.9 Å². The predicted octanol–water partition coefficient (Wildman–Crippen LogP) is 2.67. The first-order valence-electron chi connectivity index (χ1n) is 12.1. The van der Waals surface area contributed by atoms with Gasteiger partial charge in [0.1, 0.15) is 11.9 Å². The third kappa shape index (κ3) is 9.18. The number of hydrogen-bond acceptors (Lipinski definition) is 6. The van der Waals surface area contributed by atoms with Crippen molar-refractivity contribution in [2.45, 2.75) is 44.2 Å². The first-order valence-corrected chi connectivity index (χ1v) is 12.1. The van der Waals surface area contributed by atoms with Crippen LogP contribution in [0.2, 0.25) is 0 Å². The maximum atomic E-state index is 12.2. The number of amides is 1. The number of benzene rings is 1. The Morgan fingerprint density at radius 3 is 1.97 bits per heavy atom. The van der Waals surface area contributed by atoms with Gasteiger partial charge in [-0.15, -0.1) is 0 Å². The Balaban J connectivity index is 0.000000371. The highest BCUT2D eigenvalue weighted by Gasteiger charge is 2.29. The number of morpholine rings is 1. The molecule has 2 heterocycles. The average molecular weight is 487 g/mol. The standard InChI is InChI=1S/C22H30N2O3.C4H4O4/c25-22(24-14-16-26-17-15-24)9-6-18-4-7-20(8-5-18)27-21-10-12-23(13-11-21)19-2-1-3-19;5-3(6)1-2-4(7)8/h4-9,19,21H,1-3,10-17H2;1-2H,(H,5,6)(H,7,8). The van der Waals surface area contributed by atoms with Crippen LogP contribution in [0, 0.1) is 0 Å². The van der Waals surface area contributed by atoms with Crippen molar-refractivity contribution in [3.8, 4) is 5.75 Å². The number of hydrogen-bond donors (Lipinski definition) is 2. The molecular weight excluding hydrogens is 452 g/mol. The van der Waals surface area contributed by atoms with Crippen molar-refractivity contribution >= 4 is 23.9 Å². The maximum absolute atomic E-state index is 12.2. The molecule has 9 heteroatoms. The first kappa shape index (κ1) is 26.4. The van der Waals surface area contributed by atoms with Gasteiger partial charge in [-0.25, -0.2) is 9.59 Å². The minimum absolute atomic E-state index is 0.0526. The second kappa shape index (κ2) is 13.7. The van der Waals surface area contributed by atoms with Gasteiger partial charge in [-0.2, -0.15) is 0 Å². The summed E-state index contributed by atoms with van der Waals surface area (Å²) in [4.78, 5) is 35.7. The molecular formula is C26H34N2O7. The van der Waals surface area contributed by atoms with Gasteiger partial charge < -0.3 is 29.5 Å². The molecule has 0 radical (unpaired) electrons.